The molecule has 0 saturated carbocycles. The molecule has 4 nitrogen and oxygen atoms in total. The Morgan fingerprint density at radius 1 is 1.10 bits per heavy atom. The van der Waals surface area contributed by atoms with Gasteiger partial charge in [0.05, 0.1) is 20.8 Å². The molecule has 0 fully saturated rings. The van der Waals surface area contributed by atoms with Gasteiger partial charge in [-0.25, -0.2) is 0 Å². The van der Waals surface area contributed by atoms with Gasteiger partial charge in [-0.05, 0) is 44.7 Å². The van der Waals surface area contributed by atoms with Crippen LogP contribution in [0, 0.1) is 0 Å². The summed E-state index contributed by atoms with van der Waals surface area (Å²) in [6, 6.07) is 3.99. The Bertz CT molecular complexity index is 419. The zero-order valence-corrected chi connectivity index (χ0v) is 14.7. The lowest BCUT2D eigenvalue weighted by Crippen LogP contribution is -2.35. The van der Waals surface area contributed by atoms with E-state index in [2.05, 4.69) is 32.3 Å². The second-order valence-electron chi connectivity index (χ2n) is 5.77. The molecule has 0 heterocycles. The third kappa shape index (κ3) is 6.06. The minimum Gasteiger partial charge on any atom is -0.493 e. The number of thioether (sulfide) groups is 1. The number of methoxy groups -OCH3 is 2. The average molecular weight is 313 g/mol. The summed E-state index contributed by atoms with van der Waals surface area (Å²) in [6.07, 6.45) is 2.05. The van der Waals surface area contributed by atoms with Crippen molar-refractivity contribution in [3.05, 3.63) is 17.7 Å². The molecule has 0 aliphatic carbocycles. The molecule has 0 aliphatic heterocycles. The first-order valence-corrected chi connectivity index (χ1v) is 8.42. The van der Waals surface area contributed by atoms with E-state index >= 15 is 0 Å². The topological polar surface area (TPSA) is 39.7 Å². The highest BCUT2D eigenvalue weighted by Gasteiger charge is 2.15. The van der Waals surface area contributed by atoms with Crippen LogP contribution in [0.2, 0.25) is 0 Å². The quantitative estimate of drug-likeness (QED) is 0.745. The lowest BCUT2D eigenvalue weighted by Gasteiger charge is -2.22. The Hall–Kier alpha value is -1.07. The van der Waals surface area contributed by atoms with Crippen molar-refractivity contribution in [3.63, 3.8) is 0 Å². The summed E-state index contributed by atoms with van der Waals surface area (Å²) in [7, 11) is 3.30. The third-order valence-electron chi connectivity index (χ3n) is 2.88. The molecular weight excluding hydrogens is 286 g/mol. The van der Waals surface area contributed by atoms with Crippen LogP contribution in [0.4, 0.5) is 0 Å². The van der Waals surface area contributed by atoms with Gasteiger partial charge >= 0.3 is 0 Å². The zero-order valence-electron chi connectivity index (χ0n) is 13.9. The van der Waals surface area contributed by atoms with Gasteiger partial charge in [-0.1, -0.05) is 0 Å². The molecule has 0 spiro atoms. The molecule has 0 atom stereocenters. The Labute approximate surface area is 132 Å². The van der Waals surface area contributed by atoms with Crippen LogP contribution in [0.5, 0.6) is 17.2 Å². The van der Waals surface area contributed by atoms with Gasteiger partial charge < -0.3 is 19.5 Å². The highest BCUT2D eigenvalue weighted by atomic mass is 32.2. The second kappa shape index (κ2) is 8.39. The van der Waals surface area contributed by atoms with E-state index in [1.165, 1.54) is 0 Å². The number of rotatable bonds is 8. The summed E-state index contributed by atoms with van der Waals surface area (Å²) in [5, 5.41) is 3.46. The largest absolute Gasteiger partial charge is 0.493 e. The van der Waals surface area contributed by atoms with Crippen LogP contribution >= 0.6 is 11.8 Å². The van der Waals surface area contributed by atoms with Gasteiger partial charge in [0.15, 0.2) is 11.5 Å². The molecule has 0 radical (unpaired) electrons. The van der Waals surface area contributed by atoms with Crippen LogP contribution < -0.4 is 19.5 Å². The molecule has 0 saturated heterocycles. The molecule has 1 N–H and O–H groups in total. The second-order valence-corrected chi connectivity index (χ2v) is 6.76. The van der Waals surface area contributed by atoms with Crippen molar-refractivity contribution in [1.82, 2.24) is 5.32 Å². The molecule has 0 aromatic heterocycles. The fraction of sp³-hybridized carbons (Fsp3) is 0.625. The lowest BCUT2D eigenvalue weighted by atomic mass is 10.1. The van der Waals surface area contributed by atoms with E-state index in [0.717, 1.165) is 17.9 Å². The smallest absolute Gasteiger partial charge is 0.203 e. The fourth-order valence-corrected chi connectivity index (χ4v) is 2.02. The normalized spacial score (nSPS) is 11.3. The first-order chi connectivity index (χ1) is 9.91. The van der Waals surface area contributed by atoms with Crippen molar-refractivity contribution in [2.45, 2.75) is 32.9 Å². The van der Waals surface area contributed by atoms with Crippen molar-refractivity contribution in [2.24, 2.45) is 0 Å². The van der Waals surface area contributed by atoms with Gasteiger partial charge in [0.2, 0.25) is 5.75 Å². The first-order valence-electron chi connectivity index (χ1n) is 7.03. The molecule has 1 aromatic carbocycles. The van der Waals surface area contributed by atoms with E-state index in [0.29, 0.717) is 23.9 Å². The molecular formula is C16H27NO3S. The highest BCUT2D eigenvalue weighted by molar-refractivity contribution is 7.98. The number of benzene rings is 1. The summed E-state index contributed by atoms with van der Waals surface area (Å²) < 4.78 is 16.7. The summed E-state index contributed by atoms with van der Waals surface area (Å²) in [4.78, 5) is 0. The predicted molar refractivity (Wildman–Crippen MR) is 90.0 cm³/mol. The summed E-state index contributed by atoms with van der Waals surface area (Å²) in [6.45, 7) is 7.80. The molecule has 1 rings (SSSR count). The number of ether oxygens (including phenoxy) is 3. The molecule has 0 bridgehead atoms. The van der Waals surface area contributed by atoms with Crippen LogP contribution in [-0.4, -0.2) is 38.4 Å². The third-order valence-corrected chi connectivity index (χ3v) is 3.45. The standard InChI is InChI=1S/C16H27NO3S/c1-16(2,3)17-11-12-9-13(18-4)15(14(10-12)19-5)20-7-8-21-6/h9-10,17H,7-8,11H2,1-6H3. The molecule has 0 aliphatic rings. The van der Waals surface area contributed by atoms with Gasteiger partial charge in [0, 0.05) is 17.8 Å². The van der Waals surface area contributed by atoms with Gasteiger partial charge in [0.25, 0.3) is 0 Å². The van der Waals surface area contributed by atoms with Crippen LogP contribution in [0.3, 0.4) is 0 Å². The number of hydrogen-bond donors (Lipinski definition) is 1. The van der Waals surface area contributed by atoms with Crippen molar-refractivity contribution in [1.29, 1.82) is 0 Å². The molecule has 0 amide bonds. The molecule has 120 valence electrons. The maximum absolute atomic E-state index is 5.80. The average Bonchev–Trinajstić information content (AvgIpc) is 2.44. The Balaban J connectivity index is 2.94. The first kappa shape index (κ1) is 18.0. The molecule has 0 unspecified atom stereocenters. The van der Waals surface area contributed by atoms with Crippen LogP contribution in [-0.2, 0) is 6.54 Å². The summed E-state index contributed by atoms with van der Waals surface area (Å²) >= 11 is 1.75. The molecule has 21 heavy (non-hydrogen) atoms. The van der Waals surface area contributed by atoms with E-state index in [-0.39, 0.29) is 5.54 Å². The summed E-state index contributed by atoms with van der Waals surface area (Å²) in [5.41, 5.74) is 1.17. The maximum Gasteiger partial charge on any atom is 0.203 e. The van der Waals surface area contributed by atoms with E-state index in [9.17, 15) is 0 Å². The van der Waals surface area contributed by atoms with Crippen LogP contribution in [0.15, 0.2) is 12.1 Å². The monoisotopic (exact) mass is 313 g/mol. The van der Waals surface area contributed by atoms with Crippen molar-refractivity contribution < 1.29 is 14.2 Å². The zero-order chi connectivity index (χ0) is 15.9. The Morgan fingerprint density at radius 2 is 1.67 bits per heavy atom. The van der Waals surface area contributed by atoms with Gasteiger partial charge in [-0.2, -0.15) is 11.8 Å². The lowest BCUT2D eigenvalue weighted by molar-refractivity contribution is 0.290. The number of hydrogen-bond acceptors (Lipinski definition) is 5. The number of nitrogens with one attached hydrogen (secondary N) is 1. The fourth-order valence-electron chi connectivity index (χ4n) is 1.77. The van der Waals surface area contributed by atoms with E-state index in [1.807, 2.05) is 12.1 Å². The Morgan fingerprint density at radius 3 is 2.10 bits per heavy atom. The predicted octanol–water partition coefficient (Wildman–Crippen LogP) is 3.33. The van der Waals surface area contributed by atoms with Crippen LogP contribution in [0.1, 0.15) is 26.3 Å². The SMILES string of the molecule is COc1cc(CNC(C)(C)C)cc(OC)c1OCCSC. The van der Waals surface area contributed by atoms with E-state index in [1.54, 1.807) is 26.0 Å². The minimum absolute atomic E-state index is 0.0635. The maximum atomic E-state index is 5.80. The minimum atomic E-state index is 0.0635. The Kier molecular flexibility index (Phi) is 7.18. The van der Waals surface area contributed by atoms with E-state index in [4.69, 9.17) is 14.2 Å². The molecule has 1 aromatic rings. The van der Waals surface area contributed by atoms with Gasteiger partial charge in [-0.15, -0.1) is 0 Å². The van der Waals surface area contributed by atoms with Crippen molar-refractivity contribution in [2.75, 3.05) is 32.8 Å². The summed E-state index contributed by atoms with van der Waals surface area (Å²) in [5.74, 6) is 3.02. The van der Waals surface area contributed by atoms with E-state index < -0.39 is 0 Å². The van der Waals surface area contributed by atoms with Gasteiger partial charge in [0.1, 0.15) is 0 Å². The van der Waals surface area contributed by atoms with Crippen LogP contribution in [0.25, 0.3) is 0 Å². The molecule has 5 heteroatoms. The van der Waals surface area contributed by atoms with Crippen molar-refractivity contribution >= 4 is 11.8 Å². The highest BCUT2D eigenvalue weighted by Crippen LogP contribution is 2.38. The van der Waals surface area contributed by atoms with Crippen molar-refractivity contribution in [3.8, 4) is 17.2 Å². The van der Waals surface area contributed by atoms with Gasteiger partial charge in [-0.3, -0.25) is 0 Å².